The van der Waals surface area contributed by atoms with Gasteiger partial charge in [0.25, 0.3) is 5.91 Å². The van der Waals surface area contributed by atoms with E-state index in [2.05, 4.69) is 10.6 Å². The van der Waals surface area contributed by atoms with Gasteiger partial charge < -0.3 is 20.5 Å². The van der Waals surface area contributed by atoms with E-state index in [4.69, 9.17) is 4.74 Å². The Morgan fingerprint density at radius 1 is 1.12 bits per heavy atom. The van der Waals surface area contributed by atoms with Crippen LogP contribution in [0.1, 0.15) is 22.8 Å². The number of hydrogen-bond acceptors (Lipinski definition) is 4. The second-order valence-electron chi connectivity index (χ2n) is 5.68. The number of carboxylic acids is 1. The van der Waals surface area contributed by atoms with Crippen LogP contribution in [0.5, 0.6) is 5.75 Å². The molecule has 2 rings (SSSR count). The Bertz CT molecular complexity index is 802. The number of carboxylic acid groups (broad SMARTS) is 1. The summed E-state index contributed by atoms with van der Waals surface area (Å²) in [5.74, 6) is -1.25. The third kappa shape index (κ3) is 5.34. The summed E-state index contributed by atoms with van der Waals surface area (Å²) >= 11 is 0. The Labute approximate surface area is 151 Å². The molecular formula is C19H20N2O5. The maximum Gasteiger partial charge on any atom is 0.326 e. The van der Waals surface area contributed by atoms with E-state index in [1.807, 2.05) is 0 Å². The van der Waals surface area contributed by atoms with Crippen LogP contribution < -0.4 is 15.4 Å². The highest BCUT2D eigenvalue weighted by molar-refractivity contribution is 5.98. The summed E-state index contributed by atoms with van der Waals surface area (Å²) in [7, 11) is 1.55. The molecule has 0 bridgehead atoms. The Morgan fingerprint density at radius 3 is 2.38 bits per heavy atom. The van der Waals surface area contributed by atoms with Crippen LogP contribution in [0.2, 0.25) is 0 Å². The Kier molecular flexibility index (Phi) is 6.32. The lowest BCUT2D eigenvalue weighted by atomic mass is 10.0. The summed E-state index contributed by atoms with van der Waals surface area (Å²) in [6.45, 7) is 1.36. The number of aliphatic carboxylic acids is 1. The monoisotopic (exact) mass is 356 g/mol. The van der Waals surface area contributed by atoms with Gasteiger partial charge in [0, 0.05) is 24.6 Å². The van der Waals surface area contributed by atoms with Crippen LogP contribution in [0.15, 0.2) is 48.5 Å². The molecule has 0 spiro atoms. The van der Waals surface area contributed by atoms with Crippen molar-refractivity contribution in [1.82, 2.24) is 5.32 Å². The van der Waals surface area contributed by atoms with E-state index < -0.39 is 17.9 Å². The first-order valence-electron chi connectivity index (χ1n) is 7.93. The average molecular weight is 356 g/mol. The lowest BCUT2D eigenvalue weighted by molar-refractivity contribution is -0.139. The SMILES string of the molecule is COc1ccc(C[C@@H](NC(=O)c2cccc(NC(C)=O)c2)C(=O)O)cc1. The lowest BCUT2D eigenvalue weighted by Gasteiger charge is -2.15. The fourth-order valence-electron chi connectivity index (χ4n) is 2.38. The first kappa shape index (κ1) is 19.0. The summed E-state index contributed by atoms with van der Waals surface area (Å²) in [5, 5.41) is 14.5. The van der Waals surface area contributed by atoms with Gasteiger partial charge >= 0.3 is 5.97 Å². The second-order valence-corrected chi connectivity index (χ2v) is 5.68. The van der Waals surface area contributed by atoms with Gasteiger partial charge in [-0.1, -0.05) is 18.2 Å². The molecule has 0 unspecified atom stereocenters. The largest absolute Gasteiger partial charge is 0.497 e. The van der Waals surface area contributed by atoms with Crippen molar-refractivity contribution in [3.8, 4) is 5.75 Å². The van der Waals surface area contributed by atoms with Gasteiger partial charge in [-0.2, -0.15) is 0 Å². The van der Waals surface area contributed by atoms with E-state index >= 15 is 0 Å². The second kappa shape index (κ2) is 8.66. The molecule has 2 aromatic carbocycles. The van der Waals surface area contributed by atoms with E-state index in [1.54, 1.807) is 49.6 Å². The van der Waals surface area contributed by atoms with Gasteiger partial charge in [-0.3, -0.25) is 9.59 Å². The number of nitrogens with one attached hydrogen (secondary N) is 2. The molecule has 0 fully saturated rings. The van der Waals surface area contributed by atoms with E-state index in [0.29, 0.717) is 11.4 Å². The molecule has 0 aromatic heterocycles. The fourth-order valence-corrected chi connectivity index (χ4v) is 2.38. The van der Waals surface area contributed by atoms with Gasteiger partial charge in [0.05, 0.1) is 7.11 Å². The number of amides is 2. The molecule has 0 aliphatic carbocycles. The van der Waals surface area contributed by atoms with Crippen molar-refractivity contribution in [2.75, 3.05) is 12.4 Å². The number of carbonyl (C=O) groups is 3. The van der Waals surface area contributed by atoms with E-state index in [0.717, 1.165) is 5.56 Å². The number of carbonyl (C=O) groups excluding carboxylic acids is 2. The van der Waals surface area contributed by atoms with Crippen LogP contribution in [-0.4, -0.2) is 36.0 Å². The standard InChI is InChI=1S/C19H20N2O5/c1-12(22)20-15-5-3-4-14(11-15)18(23)21-17(19(24)25)10-13-6-8-16(26-2)9-7-13/h3-9,11,17H,10H2,1-2H3,(H,20,22)(H,21,23)(H,24,25)/t17-/m1/s1. The normalized spacial score (nSPS) is 11.3. The van der Waals surface area contributed by atoms with Crippen LogP contribution in [0, 0.1) is 0 Å². The maximum atomic E-state index is 12.4. The Balaban J connectivity index is 2.10. The molecule has 7 nitrogen and oxygen atoms in total. The summed E-state index contributed by atoms with van der Waals surface area (Å²) in [5.41, 5.74) is 1.48. The van der Waals surface area contributed by atoms with E-state index in [9.17, 15) is 19.5 Å². The Morgan fingerprint density at radius 2 is 1.81 bits per heavy atom. The van der Waals surface area contributed by atoms with Crippen LogP contribution >= 0.6 is 0 Å². The molecule has 2 aromatic rings. The van der Waals surface area contributed by atoms with Crippen LogP contribution in [0.4, 0.5) is 5.69 Å². The number of rotatable bonds is 7. The average Bonchev–Trinajstić information content (AvgIpc) is 2.61. The zero-order chi connectivity index (χ0) is 19.1. The molecule has 2 amide bonds. The minimum absolute atomic E-state index is 0.135. The van der Waals surface area contributed by atoms with E-state index in [-0.39, 0.29) is 17.9 Å². The van der Waals surface area contributed by atoms with Crippen molar-refractivity contribution in [2.24, 2.45) is 0 Å². The molecule has 0 aliphatic rings. The molecular weight excluding hydrogens is 336 g/mol. The number of methoxy groups -OCH3 is 1. The minimum atomic E-state index is -1.13. The lowest BCUT2D eigenvalue weighted by Crippen LogP contribution is -2.42. The molecule has 26 heavy (non-hydrogen) atoms. The molecule has 0 saturated carbocycles. The zero-order valence-corrected chi connectivity index (χ0v) is 14.5. The van der Waals surface area contributed by atoms with Crippen LogP contribution in [0.3, 0.4) is 0 Å². The molecule has 7 heteroatoms. The smallest absolute Gasteiger partial charge is 0.326 e. The molecule has 1 atom stereocenters. The van der Waals surface area contributed by atoms with Crippen molar-refractivity contribution < 1.29 is 24.2 Å². The van der Waals surface area contributed by atoms with Gasteiger partial charge in [0.15, 0.2) is 0 Å². The molecule has 0 radical (unpaired) electrons. The molecule has 0 saturated heterocycles. The highest BCUT2D eigenvalue weighted by atomic mass is 16.5. The number of benzene rings is 2. The highest BCUT2D eigenvalue weighted by Crippen LogP contribution is 2.14. The minimum Gasteiger partial charge on any atom is -0.497 e. The van der Waals surface area contributed by atoms with Crippen molar-refractivity contribution in [2.45, 2.75) is 19.4 Å². The van der Waals surface area contributed by atoms with Gasteiger partial charge in [-0.15, -0.1) is 0 Å². The topological polar surface area (TPSA) is 105 Å². The van der Waals surface area contributed by atoms with Crippen LogP contribution in [0.25, 0.3) is 0 Å². The van der Waals surface area contributed by atoms with E-state index in [1.165, 1.54) is 13.0 Å². The summed E-state index contributed by atoms with van der Waals surface area (Å²) in [6, 6.07) is 12.2. The molecule has 0 aliphatic heterocycles. The predicted molar refractivity (Wildman–Crippen MR) is 96.3 cm³/mol. The first-order chi connectivity index (χ1) is 12.4. The maximum absolute atomic E-state index is 12.4. The van der Waals surface area contributed by atoms with Gasteiger partial charge in [0.2, 0.25) is 5.91 Å². The van der Waals surface area contributed by atoms with Crippen LogP contribution in [-0.2, 0) is 16.0 Å². The summed E-state index contributed by atoms with van der Waals surface area (Å²) in [4.78, 5) is 35.0. The van der Waals surface area contributed by atoms with Crippen molar-refractivity contribution >= 4 is 23.5 Å². The zero-order valence-electron chi connectivity index (χ0n) is 14.5. The molecule has 0 heterocycles. The van der Waals surface area contributed by atoms with Gasteiger partial charge in [-0.05, 0) is 35.9 Å². The molecule has 3 N–H and O–H groups in total. The third-order valence-electron chi connectivity index (χ3n) is 3.65. The van der Waals surface area contributed by atoms with Crippen molar-refractivity contribution in [1.29, 1.82) is 0 Å². The predicted octanol–water partition coefficient (Wildman–Crippen LogP) is 2.08. The van der Waals surface area contributed by atoms with Gasteiger partial charge in [0.1, 0.15) is 11.8 Å². The van der Waals surface area contributed by atoms with Crippen molar-refractivity contribution in [3.63, 3.8) is 0 Å². The Hall–Kier alpha value is -3.35. The van der Waals surface area contributed by atoms with Crippen molar-refractivity contribution in [3.05, 3.63) is 59.7 Å². The summed E-state index contributed by atoms with van der Waals surface area (Å²) < 4.78 is 5.07. The first-order valence-corrected chi connectivity index (χ1v) is 7.93. The van der Waals surface area contributed by atoms with Gasteiger partial charge in [-0.25, -0.2) is 4.79 Å². The molecule has 136 valence electrons. The quantitative estimate of drug-likeness (QED) is 0.704. The number of ether oxygens (including phenoxy) is 1. The number of anilines is 1. The number of hydrogen-bond donors (Lipinski definition) is 3. The summed E-state index contributed by atoms with van der Waals surface area (Å²) in [6.07, 6.45) is 0.135. The third-order valence-corrected chi connectivity index (χ3v) is 3.65. The highest BCUT2D eigenvalue weighted by Gasteiger charge is 2.21. The fraction of sp³-hybridized carbons (Fsp3) is 0.211.